The van der Waals surface area contributed by atoms with Crippen LogP contribution in [-0.2, 0) is 9.59 Å². The number of benzene rings is 3. The average Bonchev–Trinajstić information content (AvgIpc) is 2.81. The lowest BCUT2D eigenvalue weighted by atomic mass is 10.1. The van der Waals surface area contributed by atoms with Crippen LogP contribution in [0.5, 0.6) is 5.75 Å². The molecule has 0 unspecified atom stereocenters. The molecule has 0 radical (unpaired) electrons. The van der Waals surface area contributed by atoms with E-state index < -0.39 is 11.7 Å². The molecule has 0 aromatic heterocycles. The van der Waals surface area contributed by atoms with Crippen molar-refractivity contribution in [3.05, 3.63) is 94.8 Å². The number of halogens is 1. The molecule has 0 atom stereocenters. The van der Waals surface area contributed by atoms with E-state index in [1.165, 1.54) is 30.3 Å². The van der Waals surface area contributed by atoms with Gasteiger partial charge in [-0.15, -0.1) is 0 Å². The van der Waals surface area contributed by atoms with E-state index in [9.17, 15) is 19.2 Å². The van der Waals surface area contributed by atoms with Crippen LogP contribution in [-0.4, -0.2) is 18.4 Å². The van der Waals surface area contributed by atoms with E-state index in [1.54, 1.807) is 24.3 Å². The maximum Gasteiger partial charge on any atom is 0.266 e. The number of anilines is 2. The highest BCUT2D eigenvalue weighted by atomic mass is 19.1. The van der Waals surface area contributed by atoms with Crippen LogP contribution in [0.2, 0.25) is 0 Å². The molecule has 7 heteroatoms. The predicted octanol–water partition coefficient (Wildman–Crippen LogP) is 5.01. The van der Waals surface area contributed by atoms with E-state index in [2.05, 4.69) is 10.6 Å². The summed E-state index contributed by atoms with van der Waals surface area (Å²) in [7, 11) is 0. The number of ether oxygens (including phenoxy) is 1. The van der Waals surface area contributed by atoms with Crippen LogP contribution in [0.1, 0.15) is 16.7 Å². The van der Waals surface area contributed by atoms with Crippen molar-refractivity contribution in [3.63, 3.8) is 0 Å². The van der Waals surface area contributed by atoms with Gasteiger partial charge in [-0.1, -0.05) is 24.3 Å². The van der Waals surface area contributed by atoms with Crippen molar-refractivity contribution in [1.82, 2.24) is 0 Å². The Balaban J connectivity index is 1.64. The van der Waals surface area contributed by atoms with Crippen molar-refractivity contribution in [1.29, 1.82) is 5.26 Å². The Labute approximate surface area is 191 Å². The van der Waals surface area contributed by atoms with E-state index in [1.807, 2.05) is 38.1 Å². The highest BCUT2D eigenvalue weighted by Crippen LogP contribution is 2.19. The van der Waals surface area contributed by atoms with E-state index in [-0.39, 0.29) is 18.1 Å². The Bertz CT molecular complexity index is 1240. The molecule has 0 aliphatic heterocycles. The standard InChI is InChI=1S/C26H22FN3O3/c1-17-5-3-8-24(18(17)2)30-25(31)16-33-23-7-4-6-19(14-23)13-20(15-28)26(32)29-22-11-9-21(27)10-12-22/h3-14H,16H2,1-2H3,(H,29,32)(H,30,31)/b20-13+. The molecule has 0 fully saturated rings. The highest BCUT2D eigenvalue weighted by molar-refractivity contribution is 6.09. The van der Waals surface area contributed by atoms with Crippen molar-refractivity contribution in [2.45, 2.75) is 13.8 Å². The number of rotatable bonds is 7. The zero-order valence-electron chi connectivity index (χ0n) is 18.2. The van der Waals surface area contributed by atoms with Gasteiger partial charge < -0.3 is 15.4 Å². The minimum atomic E-state index is -0.622. The Hall–Kier alpha value is -4.44. The fourth-order valence-corrected chi connectivity index (χ4v) is 2.96. The number of nitriles is 1. The SMILES string of the molecule is Cc1cccc(NC(=O)COc2cccc(/C=C(\C#N)C(=O)Nc3ccc(F)cc3)c2)c1C. The lowest BCUT2D eigenvalue weighted by molar-refractivity contribution is -0.118. The summed E-state index contributed by atoms with van der Waals surface area (Å²) in [5.41, 5.74) is 3.57. The number of nitrogens with zero attached hydrogens (tertiary/aromatic N) is 1. The van der Waals surface area contributed by atoms with Crippen molar-refractivity contribution in [3.8, 4) is 11.8 Å². The lowest BCUT2D eigenvalue weighted by Gasteiger charge is -2.11. The zero-order chi connectivity index (χ0) is 23.8. The Morgan fingerprint density at radius 3 is 2.48 bits per heavy atom. The second kappa shape index (κ2) is 10.7. The molecular weight excluding hydrogens is 421 g/mol. The largest absolute Gasteiger partial charge is 0.484 e. The third-order valence-electron chi connectivity index (χ3n) is 4.88. The quantitative estimate of drug-likeness (QED) is 0.397. The molecule has 2 N–H and O–H groups in total. The van der Waals surface area contributed by atoms with Gasteiger partial charge in [0.25, 0.3) is 11.8 Å². The molecule has 0 saturated heterocycles. The maximum atomic E-state index is 13.0. The molecule has 0 aliphatic rings. The van der Waals surface area contributed by atoms with Gasteiger partial charge in [-0.2, -0.15) is 5.26 Å². The van der Waals surface area contributed by atoms with Crippen molar-refractivity contribution in [2.24, 2.45) is 0 Å². The molecule has 3 rings (SSSR count). The number of nitrogens with one attached hydrogen (secondary N) is 2. The third-order valence-corrected chi connectivity index (χ3v) is 4.88. The van der Waals surface area contributed by atoms with Gasteiger partial charge in [-0.3, -0.25) is 9.59 Å². The summed E-state index contributed by atoms with van der Waals surface area (Å²) < 4.78 is 18.6. The van der Waals surface area contributed by atoms with Crippen LogP contribution in [0.25, 0.3) is 6.08 Å². The topological polar surface area (TPSA) is 91.2 Å². The van der Waals surface area contributed by atoms with Gasteiger partial charge in [-0.25, -0.2) is 4.39 Å². The molecule has 2 amide bonds. The first kappa shape index (κ1) is 23.2. The minimum Gasteiger partial charge on any atom is -0.484 e. The van der Waals surface area contributed by atoms with E-state index in [0.29, 0.717) is 17.0 Å². The molecule has 166 valence electrons. The van der Waals surface area contributed by atoms with E-state index in [0.717, 1.165) is 16.8 Å². The van der Waals surface area contributed by atoms with Gasteiger partial charge in [0.05, 0.1) is 0 Å². The first-order valence-electron chi connectivity index (χ1n) is 10.1. The number of carbonyl (C=O) groups is 2. The van der Waals surface area contributed by atoms with Crippen molar-refractivity contribution < 1.29 is 18.7 Å². The summed E-state index contributed by atoms with van der Waals surface area (Å²) in [6, 6.07) is 19.4. The minimum absolute atomic E-state index is 0.135. The summed E-state index contributed by atoms with van der Waals surface area (Å²) >= 11 is 0. The third kappa shape index (κ3) is 6.52. The maximum absolute atomic E-state index is 13.0. The Morgan fingerprint density at radius 2 is 1.76 bits per heavy atom. The summed E-state index contributed by atoms with van der Waals surface area (Å²) in [6.07, 6.45) is 1.40. The first-order chi connectivity index (χ1) is 15.9. The lowest BCUT2D eigenvalue weighted by Crippen LogP contribution is -2.20. The number of amides is 2. The summed E-state index contributed by atoms with van der Waals surface area (Å²) in [5.74, 6) is -0.941. The predicted molar refractivity (Wildman–Crippen MR) is 125 cm³/mol. The van der Waals surface area contributed by atoms with Crippen LogP contribution < -0.4 is 15.4 Å². The Morgan fingerprint density at radius 1 is 1.03 bits per heavy atom. The van der Waals surface area contributed by atoms with Gasteiger partial charge in [-0.05, 0) is 79.1 Å². The first-order valence-corrected chi connectivity index (χ1v) is 10.1. The summed E-state index contributed by atoms with van der Waals surface area (Å²) in [5, 5.41) is 14.8. The number of hydrogen-bond acceptors (Lipinski definition) is 4. The Kier molecular flexibility index (Phi) is 7.55. The van der Waals surface area contributed by atoms with Gasteiger partial charge in [0.1, 0.15) is 23.2 Å². The van der Waals surface area contributed by atoms with Crippen LogP contribution in [0.3, 0.4) is 0 Å². The average molecular weight is 443 g/mol. The highest BCUT2D eigenvalue weighted by Gasteiger charge is 2.11. The van der Waals surface area contributed by atoms with Gasteiger partial charge in [0.2, 0.25) is 0 Å². The number of aryl methyl sites for hydroxylation is 1. The second-order valence-electron chi connectivity index (χ2n) is 7.29. The van der Waals surface area contributed by atoms with Crippen molar-refractivity contribution in [2.75, 3.05) is 17.2 Å². The zero-order valence-corrected chi connectivity index (χ0v) is 18.2. The fraction of sp³-hybridized carbons (Fsp3) is 0.115. The van der Waals surface area contributed by atoms with Crippen LogP contribution in [0.15, 0.2) is 72.3 Å². The smallest absolute Gasteiger partial charge is 0.266 e. The van der Waals surface area contributed by atoms with Gasteiger partial charge in [0, 0.05) is 11.4 Å². The fourth-order valence-electron chi connectivity index (χ4n) is 2.96. The van der Waals surface area contributed by atoms with E-state index >= 15 is 0 Å². The van der Waals surface area contributed by atoms with Crippen LogP contribution >= 0.6 is 0 Å². The van der Waals surface area contributed by atoms with Crippen LogP contribution in [0.4, 0.5) is 15.8 Å². The normalized spacial score (nSPS) is 10.8. The summed E-state index contributed by atoms with van der Waals surface area (Å²) in [4.78, 5) is 24.7. The van der Waals surface area contributed by atoms with Crippen molar-refractivity contribution >= 4 is 29.3 Å². The molecule has 0 bridgehead atoms. The molecule has 0 saturated carbocycles. The molecule has 0 aliphatic carbocycles. The van der Waals surface area contributed by atoms with Gasteiger partial charge in [0.15, 0.2) is 6.61 Å². The summed E-state index contributed by atoms with van der Waals surface area (Å²) in [6.45, 7) is 3.70. The molecule has 6 nitrogen and oxygen atoms in total. The molecule has 0 spiro atoms. The molecule has 0 heterocycles. The number of hydrogen-bond donors (Lipinski definition) is 2. The molecule has 33 heavy (non-hydrogen) atoms. The number of carbonyl (C=O) groups excluding carboxylic acids is 2. The van der Waals surface area contributed by atoms with E-state index in [4.69, 9.17) is 4.74 Å². The monoisotopic (exact) mass is 443 g/mol. The van der Waals surface area contributed by atoms with Gasteiger partial charge >= 0.3 is 0 Å². The molecule has 3 aromatic carbocycles. The molecular formula is C26H22FN3O3. The molecule has 3 aromatic rings. The second-order valence-corrected chi connectivity index (χ2v) is 7.29. The van der Waals surface area contributed by atoms with Crippen LogP contribution in [0, 0.1) is 31.0 Å².